The molecule has 2 aromatic rings. The highest BCUT2D eigenvalue weighted by Crippen LogP contribution is 2.30. The van der Waals surface area contributed by atoms with Crippen molar-refractivity contribution in [2.45, 2.75) is 45.0 Å². The predicted molar refractivity (Wildman–Crippen MR) is 91.5 cm³/mol. The second-order valence-corrected chi connectivity index (χ2v) is 6.43. The number of benzene rings is 1. The molecule has 128 valence electrons. The average molecular weight is 328 g/mol. The standard InChI is InChI=1S/C18H24N4O2/c1-12(2)22-16(6-8-21-22)17-15(7-9-24-17)20-11-13-4-3-5-14(10-13)18(19)23/h3-6,8,10,12,15,17,20H,7,9,11H2,1-2H3,(H2,19,23)/t15-,17-/m0/s1. The molecular weight excluding hydrogens is 304 g/mol. The van der Waals surface area contributed by atoms with Crippen LogP contribution in [0.4, 0.5) is 0 Å². The summed E-state index contributed by atoms with van der Waals surface area (Å²) in [5.74, 6) is -0.403. The Bertz CT molecular complexity index is 711. The van der Waals surface area contributed by atoms with Gasteiger partial charge in [0.15, 0.2) is 0 Å². The number of amides is 1. The third kappa shape index (κ3) is 3.49. The van der Waals surface area contributed by atoms with Gasteiger partial charge in [-0.1, -0.05) is 12.1 Å². The number of carbonyl (C=O) groups is 1. The van der Waals surface area contributed by atoms with E-state index in [1.54, 1.807) is 6.07 Å². The van der Waals surface area contributed by atoms with Crippen molar-refractivity contribution < 1.29 is 9.53 Å². The monoisotopic (exact) mass is 328 g/mol. The van der Waals surface area contributed by atoms with Gasteiger partial charge in [0.1, 0.15) is 6.10 Å². The van der Waals surface area contributed by atoms with Crippen LogP contribution in [0.3, 0.4) is 0 Å². The maximum absolute atomic E-state index is 11.3. The van der Waals surface area contributed by atoms with E-state index in [4.69, 9.17) is 10.5 Å². The minimum atomic E-state index is -0.403. The molecule has 3 rings (SSSR count). The summed E-state index contributed by atoms with van der Waals surface area (Å²) in [6.45, 7) is 5.63. The molecule has 0 aliphatic carbocycles. The second kappa shape index (κ2) is 7.15. The Morgan fingerprint density at radius 3 is 3.04 bits per heavy atom. The van der Waals surface area contributed by atoms with Gasteiger partial charge >= 0.3 is 0 Å². The van der Waals surface area contributed by atoms with Crippen molar-refractivity contribution >= 4 is 5.91 Å². The number of hydrogen-bond donors (Lipinski definition) is 2. The lowest BCUT2D eigenvalue weighted by Gasteiger charge is -2.22. The van der Waals surface area contributed by atoms with E-state index in [1.165, 1.54) is 0 Å². The number of nitrogens with two attached hydrogens (primary N) is 1. The fraction of sp³-hybridized carbons (Fsp3) is 0.444. The molecule has 0 radical (unpaired) electrons. The molecule has 0 spiro atoms. The molecule has 1 aliphatic heterocycles. The summed E-state index contributed by atoms with van der Waals surface area (Å²) in [6, 6.07) is 9.95. The summed E-state index contributed by atoms with van der Waals surface area (Å²) >= 11 is 0. The van der Waals surface area contributed by atoms with Gasteiger partial charge in [-0.2, -0.15) is 5.10 Å². The van der Waals surface area contributed by atoms with E-state index in [1.807, 2.05) is 35.1 Å². The molecule has 2 atom stereocenters. The largest absolute Gasteiger partial charge is 0.370 e. The van der Waals surface area contributed by atoms with Crippen molar-refractivity contribution in [3.63, 3.8) is 0 Å². The molecule has 6 nitrogen and oxygen atoms in total. The van der Waals surface area contributed by atoms with Crippen molar-refractivity contribution in [1.82, 2.24) is 15.1 Å². The van der Waals surface area contributed by atoms with Gasteiger partial charge < -0.3 is 15.8 Å². The molecule has 1 fully saturated rings. The van der Waals surface area contributed by atoms with Crippen LogP contribution in [-0.2, 0) is 11.3 Å². The van der Waals surface area contributed by atoms with Crippen molar-refractivity contribution in [2.24, 2.45) is 5.73 Å². The van der Waals surface area contributed by atoms with Crippen LogP contribution < -0.4 is 11.1 Å². The normalized spacial score (nSPS) is 20.6. The molecule has 2 heterocycles. The van der Waals surface area contributed by atoms with E-state index < -0.39 is 5.91 Å². The van der Waals surface area contributed by atoms with E-state index in [9.17, 15) is 4.79 Å². The van der Waals surface area contributed by atoms with E-state index >= 15 is 0 Å². The van der Waals surface area contributed by atoms with Gasteiger partial charge in [-0.15, -0.1) is 0 Å². The molecule has 1 aromatic carbocycles. The summed E-state index contributed by atoms with van der Waals surface area (Å²) in [5, 5.41) is 7.95. The first-order valence-electron chi connectivity index (χ1n) is 8.33. The molecule has 1 aliphatic rings. The molecule has 1 saturated heterocycles. The van der Waals surface area contributed by atoms with Gasteiger partial charge in [0.25, 0.3) is 0 Å². The minimum absolute atomic E-state index is 0.00535. The Labute approximate surface area is 142 Å². The number of primary amides is 1. The van der Waals surface area contributed by atoms with E-state index in [2.05, 4.69) is 24.3 Å². The first-order valence-corrected chi connectivity index (χ1v) is 8.33. The number of ether oxygens (including phenoxy) is 1. The van der Waals surface area contributed by atoms with E-state index in [0.717, 1.165) is 24.3 Å². The quantitative estimate of drug-likeness (QED) is 0.851. The fourth-order valence-corrected chi connectivity index (χ4v) is 3.15. The molecule has 24 heavy (non-hydrogen) atoms. The highest BCUT2D eigenvalue weighted by Gasteiger charge is 2.32. The number of hydrogen-bond acceptors (Lipinski definition) is 4. The number of nitrogens with one attached hydrogen (secondary N) is 1. The molecule has 3 N–H and O–H groups in total. The summed E-state index contributed by atoms with van der Waals surface area (Å²) in [4.78, 5) is 11.3. The lowest BCUT2D eigenvalue weighted by Crippen LogP contribution is -2.32. The number of nitrogens with zero attached hydrogens (tertiary/aromatic N) is 2. The molecule has 0 saturated carbocycles. The highest BCUT2D eigenvalue weighted by molar-refractivity contribution is 5.92. The van der Waals surface area contributed by atoms with Crippen molar-refractivity contribution in [1.29, 1.82) is 0 Å². The maximum atomic E-state index is 11.3. The molecule has 1 amide bonds. The van der Waals surface area contributed by atoms with Crippen LogP contribution in [0.2, 0.25) is 0 Å². The third-order valence-electron chi connectivity index (χ3n) is 4.35. The molecule has 0 unspecified atom stereocenters. The topological polar surface area (TPSA) is 82.2 Å². The zero-order chi connectivity index (χ0) is 17.1. The summed E-state index contributed by atoms with van der Waals surface area (Å²) in [5.41, 5.74) is 8.02. The lowest BCUT2D eigenvalue weighted by molar-refractivity contribution is 0.0899. The second-order valence-electron chi connectivity index (χ2n) is 6.43. The zero-order valence-corrected chi connectivity index (χ0v) is 14.1. The van der Waals surface area contributed by atoms with Gasteiger partial charge in [-0.3, -0.25) is 9.48 Å². The Morgan fingerprint density at radius 2 is 2.29 bits per heavy atom. The van der Waals surface area contributed by atoms with Crippen LogP contribution >= 0.6 is 0 Å². The number of aromatic nitrogens is 2. The SMILES string of the molecule is CC(C)n1nccc1[C@H]1OCC[C@@H]1NCc1cccc(C(N)=O)c1. The van der Waals surface area contributed by atoms with E-state index in [0.29, 0.717) is 18.2 Å². The Hall–Kier alpha value is -2.18. The first-order chi connectivity index (χ1) is 11.6. The van der Waals surface area contributed by atoms with Crippen LogP contribution in [0, 0.1) is 0 Å². The van der Waals surface area contributed by atoms with Crippen molar-refractivity contribution in [3.8, 4) is 0 Å². The van der Waals surface area contributed by atoms with Crippen molar-refractivity contribution in [3.05, 3.63) is 53.3 Å². The Kier molecular flexibility index (Phi) is 4.97. The summed E-state index contributed by atoms with van der Waals surface area (Å²) in [6.07, 6.45) is 2.77. The van der Waals surface area contributed by atoms with Crippen LogP contribution in [0.25, 0.3) is 0 Å². The molecule has 1 aromatic heterocycles. The van der Waals surface area contributed by atoms with Gasteiger partial charge in [0, 0.05) is 37.0 Å². The highest BCUT2D eigenvalue weighted by atomic mass is 16.5. The van der Waals surface area contributed by atoms with Crippen LogP contribution in [0.1, 0.15) is 54.0 Å². The smallest absolute Gasteiger partial charge is 0.248 e. The van der Waals surface area contributed by atoms with Crippen LogP contribution in [0.5, 0.6) is 0 Å². The fourth-order valence-electron chi connectivity index (χ4n) is 3.15. The lowest BCUT2D eigenvalue weighted by atomic mass is 10.1. The van der Waals surface area contributed by atoms with Crippen LogP contribution in [0.15, 0.2) is 36.5 Å². The Morgan fingerprint density at radius 1 is 1.46 bits per heavy atom. The Balaban J connectivity index is 1.69. The third-order valence-corrected chi connectivity index (χ3v) is 4.35. The first kappa shape index (κ1) is 16.7. The summed E-state index contributed by atoms with van der Waals surface area (Å²) in [7, 11) is 0. The summed E-state index contributed by atoms with van der Waals surface area (Å²) < 4.78 is 7.97. The van der Waals surface area contributed by atoms with Crippen molar-refractivity contribution in [2.75, 3.05) is 6.61 Å². The zero-order valence-electron chi connectivity index (χ0n) is 14.1. The van der Waals surface area contributed by atoms with Gasteiger partial charge in [-0.05, 0) is 44.0 Å². The van der Waals surface area contributed by atoms with E-state index in [-0.39, 0.29) is 12.1 Å². The average Bonchev–Trinajstić information content (AvgIpc) is 3.21. The maximum Gasteiger partial charge on any atom is 0.248 e. The minimum Gasteiger partial charge on any atom is -0.370 e. The molecule has 6 heteroatoms. The number of carbonyl (C=O) groups excluding carboxylic acids is 1. The predicted octanol–water partition coefficient (Wildman–Crippen LogP) is 2.18. The number of rotatable bonds is 6. The van der Waals surface area contributed by atoms with Gasteiger partial charge in [0.2, 0.25) is 5.91 Å². The van der Waals surface area contributed by atoms with Gasteiger partial charge in [0.05, 0.1) is 5.69 Å². The van der Waals surface area contributed by atoms with Gasteiger partial charge in [-0.25, -0.2) is 0 Å². The molecule has 0 bridgehead atoms. The molecular formula is C18H24N4O2. The van der Waals surface area contributed by atoms with Crippen LogP contribution in [-0.4, -0.2) is 28.3 Å².